The average molecular weight is 629 g/mol. The summed E-state index contributed by atoms with van der Waals surface area (Å²) in [5.41, 5.74) is 3.97. The van der Waals surface area contributed by atoms with Gasteiger partial charge in [-0.2, -0.15) is 5.10 Å². The number of halogens is 2. The zero-order valence-corrected chi connectivity index (χ0v) is 26.0. The molecule has 0 bridgehead atoms. The molecule has 2 amide bonds. The highest BCUT2D eigenvalue weighted by molar-refractivity contribution is 5.93. The van der Waals surface area contributed by atoms with Crippen molar-refractivity contribution >= 4 is 28.9 Å². The number of anilines is 1. The molecule has 238 valence electrons. The van der Waals surface area contributed by atoms with Crippen LogP contribution in [0.2, 0.25) is 0 Å². The number of rotatable bonds is 6. The number of pyridine rings is 1. The monoisotopic (exact) mass is 628 g/mol. The van der Waals surface area contributed by atoms with Gasteiger partial charge in [0.1, 0.15) is 29.1 Å². The standard InChI is InChI=1S/C33H34F2N8O3/c1-33(2,3)46-32(45)42-9-7-41(8-10-42)19-30(44)39-25-11-21(27-6-5-24(34)14-28(27)35)12-26(15-25)43-20-37-29-13-22(16-36-31(29)43)23-17-38-40(4)18-23/h5-6,11-18,20H,7-10,19H2,1-4H3,(H,39,44). The molecule has 1 N–H and O–H groups in total. The van der Waals surface area contributed by atoms with Crippen molar-refractivity contribution in [2.75, 3.05) is 38.0 Å². The van der Waals surface area contributed by atoms with E-state index in [-0.39, 0.29) is 24.1 Å². The molecule has 0 unspecified atom stereocenters. The van der Waals surface area contributed by atoms with Crippen LogP contribution in [-0.4, -0.2) is 84.4 Å². The number of amides is 2. The maximum absolute atomic E-state index is 14.9. The first-order valence-corrected chi connectivity index (χ1v) is 14.8. The predicted molar refractivity (Wildman–Crippen MR) is 169 cm³/mol. The van der Waals surface area contributed by atoms with E-state index in [2.05, 4.69) is 20.4 Å². The SMILES string of the molecule is Cn1cc(-c2cnc3c(c2)ncn3-c2cc(NC(=O)CN3CCN(C(=O)OC(C)(C)C)CC3)cc(-c3ccc(F)cc3F)c2)cn1. The Morgan fingerprint density at radius 2 is 1.72 bits per heavy atom. The highest BCUT2D eigenvalue weighted by Gasteiger charge is 2.26. The lowest BCUT2D eigenvalue weighted by molar-refractivity contribution is -0.117. The number of aromatic nitrogens is 5. The lowest BCUT2D eigenvalue weighted by Gasteiger charge is -2.35. The van der Waals surface area contributed by atoms with Crippen molar-refractivity contribution < 1.29 is 23.1 Å². The topological polar surface area (TPSA) is 110 Å². The third-order valence-corrected chi connectivity index (χ3v) is 7.54. The summed E-state index contributed by atoms with van der Waals surface area (Å²) in [6, 6.07) is 10.4. The zero-order chi connectivity index (χ0) is 32.6. The van der Waals surface area contributed by atoms with E-state index in [1.165, 1.54) is 12.1 Å². The minimum atomic E-state index is -0.730. The Balaban J connectivity index is 1.25. The molecule has 1 aliphatic rings. The van der Waals surface area contributed by atoms with Gasteiger partial charge in [0.2, 0.25) is 5.91 Å². The molecule has 5 aromatic rings. The lowest BCUT2D eigenvalue weighted by Crippen LogP contribution is -2.51. The number of piperazine rings is 1. The molecule has 0 aliphatic carbocycles. The fourth-order valence-corrected chi connectivity index (χ4v) is 5.34. The van der Waals surface area contributed by atoms with Crippen molar-refractivity contribution in [1.82, 2.24) is 34.1 Å². The highest BCUT2D eigenvalue weighted by atomic mass is 19.1. The van der Waals surface area contributed by atoms with Gasteiger partial charge in [-0.25, -0.2) is 23.5 Å². The fourth-order valence-electron chi connectivity index (χ4n) is 5.34. The quantitative estimate of drug-likeness (QED) is 0.273. The molecule has 0 saturated carbocycles. The van der Waals surface area contributed by atoms with Crippen LogP contribution in [0.1, 0.15) is 20.8 Å². The molecular weight excluding hydrogens is 594 g/mol. The van der Waals surface area contributed by atoms with Crippen molar-refractivity contribution in [3.8, 4) is 27.9 Å². The van der Waals surface area contributed by atoms with Crippen LogP contribution in [0.15, 0.2) is 67.4 Å². The summed E-state index contributed by atoms with van der Waals surface area (Å²) in [6.45, 7) is 7.45. The molecule has 6 rings (SSSR count). The normalized spacial score (nSPS) is 14.1. The van der Waals surface area contributed by atoms with Gasteiger partial charge in [0.15, 0.2) is 5.65 Å². The molecule has 0 atom stereocenters. The van der Waals surface area contributed by atoms with Crippen LogP contribution in [0, 0.1) is 11.6 Å². The number of hydrogen-bond donors (Lipinski definition) is 1. The van der Waals surface area contributed by atoms with Gasteiger partial charge in [0, 0.05) is 74.1 Å². The maximum atomic E-state index is 14.9. The second-order valence-corrected chi connectivity index (χ2v) is 12.3. The third-order valence-electron chi connectivity index (χ3n) is 7.54. The second kappa shape index (κ2) is 12.3. The zero-order valence-electron chi connectivity index (χ0n) is 26.0. The summed E-state index contributed by atoms with van der Waals surface area (Å²) in [7, 11) is 1.84. The van der Waals surface area contributed by atoms with Gasteiger partial charge in [0.25, 0.3) is 0 Å². The van der Waals surface area contributed by atoms with Crippen LogP contribution < -0.4 is 5.32 Å². The Bertz CT molecular complexity index is 1920. The Morgan fingerprint density at radius 1 is 0.935 bits per heavy atom. The summed E-state index contributed by atoms with van der Waals surface area (Å²) in [4.78, 5) is 38.4. The number of nitrogens with one attached hydrogen (secondary N) is 1. The van der Waals surface area contributed by atoms with Crippen LogP contribution in [0.3, 0.4) is 0 Å². The molecule has 1 saturated heterocycles. The van der Waals surface area contributed by atoms with E-state index in [9.17, 15) is 18.4 Å². The number of aryl methyl sites for hydroxylation is 1. The van der Waals surface area contributed by atoms with E-state index in [1.54, 1.807) is 51.1 Å². The summed E-state index contributed by atoms with van der Waals surface area (Å²) in [6.07, 6.45) is 6.60. The molecular formula is C33H34F2N8O3. The van der Waals surface area contributed by atoms with E-state index >= 15 is 0 Å². The van der Waals surface area contributed by atoms with Crippen molar-refractivity contribution in [3.05, 3.63) is 79.0 Å². The number of ether oxygens (including phenoxy) is 1. The molecule has 13 heteroatoms. The predicted octanol–water partition coefficient (Wildman–Crippen LogP) is 5.26. The van der Waals surface area contributed by atoms with E-state index in [1.807, 2.05) is 45.0 Å². The molecule has 3 aromatic heterocycles. The van der Waals surface area contributed by atoms with E-state index in [0.29, 0.717) is 54.3 Å². The van der Waals surface area contributed by atoms with Crippen LogP contribution in [0.25, 0.3) is 39.1 Å². The van der Waals surface area contributed by atoms with Crippen molar-refractivity contribution in [2.24, 2.45) is 7.05 Å². The second-order valence-electron chi connectivity index (χ2n) is 12.3. The Hall–Kier alpha value is -5.17. The van der Waals surface area contributed by atoms with Gasteiger partial charge in [0.05, 0.1) is 18.4 Å². The van der Waals surface area contributed by atoms with Gasteiger partial charge < -0.3 is 15.0 Å². The molecule has 11 nitrogen and oxygen atoms in total. The number of nitrogens with zero attached hydrogens (tertiary/aromatic N) is 7. The smallest absolute Gasteiger partial charge is 0.410 e. The van der Waals surface area contributed by atoms with Crippen LogP contribution in [0.4, 0.5) is 19.3 Å². The molecule has 1 fully saturated rings. The molecule has 0 radical (unpaired) electrons. The highest BCUT2D eigenvalue weighted by Crippen LogP contribution is 2.31. The molecule has 4 heterocycles. The summed E-state index contributed by atoms with van der Waals surface area (Å²) in [5, 5.41) is 7.15. The van der Waals surface area contributed by atoms with Crippen molar-refractivity contribution in [3.63, 3.8) is 0 Å². The summed E-state index contributed by atoms with van der Waals surface area (Å²) >= 11 is 0. The van der Waals surface area contributed by atoms with E-state index in [0.717, 1.165) is 17.2 Å². The van der Waals surface area contributed by atoms with Crippen LogP contribution in [-0.2, 0) is 16.6 Å². The van der Waals surface area contributed by atoms with Gasteiger partial charge in [-0.15, -0.1) is 0 Å². The summed E-state index contributed by atoms with van der Waals surface area (Å²) in [5.74, 6) is -1.69. The Labute approximate surface area is 264 Å². The Morgan fingerprint density at radius 3 is 2.41 bits per heavy atom. The van der Waals surface area contributed by atoms with Gasteiger partial charge in [-0.1, -0.05) is 0 Å². The largest absolute Gasteiger partial charge is 0.444 e. The minimum Gasteiger partial charge on any atom is -0.444 e. The van der Waals surface area contributed by atoms with Crippen LogP contribution >= 0.6 is 0 Å². The number of imidazole rings is 1. The van der Waals surface area contributed by atoms with Gasteiger partial charge >= 0.3 is 6.09 Å². The van der Waals surface area contributed by atoms with Crippen molar-refractivity contribution in [2.45, 2.75) is 26.4 Å². The first-order valence-electron chi connectivity index (χ1n) is 14.8. The van der Waals surface area contributed by atoms with E-state index < -0.39 is 17.2 Å². The molecule has 0 spiro atoms. The number of fused-ring (bicyclic) bond motifs is 1. The van der Waals surface area contributed by atoms with Crippen molar-refractivity contribution in [1.29, 1.82) is 0 Å². The molecule has 2 aromatic carbocycles. The fraction of sp³-hybridized carbons (Fsp3) is 0.303. The van der Waals surface area contributed by atoms with Gasteiger partial charge in [-0.3, -0.25) is 18.9 Å². The molecule has 1 aliphatic heterocycles. The minimum absolute atomic E-state index is 0.0965. The molecule has 46 heavy (non-hydrogen) atoms. The first-order chi connectivity index (χ1) is 21.9. The third kappa shape index (κ3) is 6.89. The number of benzene rings is 2. The lowest BCUT2D eigenvalue weighted by atomic mass is 10.0. The number of hydrogen-bond acceptors (Lipinski definition) is 7. The first kappa shape index (κ1) is 30.8. The maximum Gasteiger partial charge on any atom is 0.410 e. The van der Waals surface area contributed by atoms with Gasteiger partial charge in [-0.05, 0) is 62.7 Å². The number of carbonyl (C=O) groups excluding carboxylic acids is 2. The Kier molecular flexibility index (Phi) is 8.26. The van der Waals surface area contributed by atoms with E-state index in [4.69, 9.17) is 4.74 Å². The number of carbonyl (C=O) groups is 2. The average Bonchev–Trinajstić information content (AvgIpc) is 3.62. The van der Waals surface area contributed by atoms with Crippen LogP contribution in [0.5, 0.6) is 0 Å². The summed E-state index contributed by atoms with van der Waals surface area (Å²) < 4.78 is 37.6.